The first-order valence-electron chi connectivity index (χ1n) is 4.86. The molecule has 0 amide bonds. The molecule has 0 atom stereocenters. The van der Waals surface area contributed by atoms with Crippen molar-refractivity contribution in [1.82, 2.24) is 9.97 Å². The fourth-order valence-electron chi connectivity index (χ4n) is 0.960. The van der Waals surface area contributed by atoms with Crippen molar-refractivity contribution in [2.45, 2.75) is 20.8 Å². The molecule has 1 aromatic heterocycles. The van der Waals surface area contributed by atoms with Gasteiger partial charge < -0.3 is 10.6 Å². The Morgan fingerprint density at radius 1 is 1.40 bits per heavy atom. The normalized spacial score (nSPS) is 11.3. The number of aromatic nitrogens is 2. The molecule has 0 spiro atoms. The van der Waals surface area contributed by atoms with Crippen LogP contribution in [0.25, 0.3) is 0 Å². The first-order chi connectivity index (χ1) is 6.92. The predicted octanol–water partition coefficient (Wildman–Crippen LogP) is 2.63. The van der Waals surface area contributed by atoms with Crippen LogP contribution >= 0.6 is 11.6 Å². The summed E-state index contributed by atoms with van der Waals surface area (Å²) >= 11 is 5.97. The molecule has 0 bridgehead atoms. The molecule has 0 saturated carbocycles. The van der Waals surface area contributed by atoms with E-state index in [0.717, 1.165) is 6.54 Å². The summed E-state index contributed by atoms with van der Waals surface area (Å²) in [5.74, 6) is 1.24. The zero-order chi connectivity index (χ0) is 11.5. The summed E-state index contributed by atoms with van der Waals surface area (Å²) in [4.78, 5) is 8.24. The maximum absolute atomic E-state index is 5.97. The highest BCUT2D eigenvalue weighted by Gasteiger charge is 2.11. The molecule has 1 heterocycles. The van der Waals surface area contributed by atoms with Crippen LogP contribution in [0, 0.1) is 5.41 Å². The van der Waals surface area contributed by atoms with Crippen LogP contribution in [0.4, 0.5) is 11.8 Å². The molecule has 4 nitrogen and oxygen atoms in total. The summed E-state index contributed by atoms with van der Waals surface area (Å²) in [6, 6.07) is 0. The van der Waals surface area contributed by atoms with Crippen LogP contribution in [0.3, 0.4) is 0 Å². The third-order valence-corrected chi connectivity index (χ3v) is 2.03. The van der Waals surface area contributed by atoms with Gasteiger partial charge >= 0.3 is 0 Å². The highest BCUT2D eigenvalue weighted by atomic mass is 35.5. The fourth-order valence-corrected chi connectivity index (χ4v) is 1.12. The van der Waals surface area contributed by atoms with Crippen molar-refractivity contribution in [2.75, 3.05) is 24.2 Å². The van der Waals surface area contributed by atoms with Gasteiger partial charge in [0, 0.05) is 13.6 Å². The number of anilines is 2. The SMILES string of the molecule is CNc1ncc(Cl)c(NCC(C)(C)C)n1. The van der Waals surface area contributed by atoms with Crippen LogP contribution < -0.4 is 10.6 Å². The Kier molecular flexibility index (Phi) is 3.74. The van der Waals surface area contributed by atoms with Gasteiger partial charge in [0.2, 0.25) is 5.95 Å². The lowest BCUT2D eigenvalue weighted by molar-refractivity contribution is 0.442. The lowest BCUT2D eigenvalue weighted by atomic mass is 9.97. The molecular formula is C10H17ClN4. The van der Waals surface area contributed by atoms with Gasteiger partial charge in [0.25, 0.3) is 0 Å². The van der Waals surface area contributed by atoms with E-state index in [1.807, 2.05) is 0 Å². The van der Waals surface area contributed by atoms with Crippen LogP contribution in [0.15, 0.2) is 6.20 Å². The number of hydrogen-bond donors (Lipinski definition) is 2. The lowest BCUT2D eigenvalue weighted by Crippen LogP contribution is -2.20. The molecule has 0 aliphatic heterocycles. The second-order valence-electron chi connectivity index (χ2n) is 4.55. The molecule has 0 radical (unpaired) electrons. The lowest BCUT2D eigenvalue weighted by Gasteiger charge is -2.19. The largest absolute Gasteiger partial charge is 0.368 e. The van der Waals surface area contributed by atoms with Gasteiger partial charge in [-0.05, 0) is 5.41 Å². The molecule has 5 heteroatoms. The number of halogens is 1. The molecule has 0 aromatic carbocycles. The van der Waals surface area contributed by atoms with Gasteiger partial charge in [-0.15, -0.1) is 0 Å². The van der Waals surface area contributed by atoms with E-state index in [-0.39, 0.29) is 5.41 Å². The minimum atomic E-state index is 0.189. The van der Waals surface area contributed by atoms with E-state index in [4.69, 9.17) is 11.6 Å². The van der Waals surface area contributed by atoms with Crippen LogP contribution in [0.2, 0.25) is 5.02 Å². The standard InChI is InChI=1S/C10H17ClN4/c1-10(2,3)6-14-8-7(11)5-13-9(12-4)15-8/h5H,6H2,1-4H3,(H2,12,13,14,15). The molecule has 0 fully saturated rings. The summed E-state index contributed by atoms with van der Waals surface area (Å²) in [6.07, 6.45) is 1.59. The van der Waals surface area contributed by atoms with Gasteiger partial charge in [-0.1, -0.05) is 32.4 Å². The van der Waals surface area contributed by atoms with Crippen LogP contribution in [-0.4, -0.2) is 23.6 Å². The van der Waals surface area contributed by atoms with Crippen molar-refractivity contribution in [3.63, 3.8) is 0 Å². The minimum Gasteiger partial charge on any atom is -0.368 e. The van der Waals surface area contributed by atoms with Gasteiger partial charge in [0.05, 0.1) is 6.20 Å². The maximum atomic E-state index is 5.97. The third kappa shape index (κ3) is 3.91. The Hall–Kier alpha value is -1.03. The van der Waals surface area contributed by atoms with Gasteiger partial charge in [-0.3, -0.25) is 0 Å². The van der Waals surface area contributed by atoms with Crippen molar-refractivity contribution < 1.29 is 0 Å². The zero-order valence-electron chi connectivity index (χ0n) is 9.56. The van der Waals surface area contributed by atoms with E-state index < -0.39 is 0 Å². The Morgan fingerprint density at radius 2 is 2.07 bits per heavy atom. The van der Waals surface area contributed by atoms with E-state index >= 15 is 0 Å². The smallest absolute Gasteiger partial charge is 0.224 e. The van der Waals surface area contributed by atoms with Crippen LogP contribution in [0.1, 0.15) is 20.8 Å². The van der Waals surface area contributed by atoms with E-state index in [1.54, 1.807) is 13.2 Å². The van der Waals surface area contributed by atoms with E-state index in [0.29, 0.717) is 16.8 Å². The number of nitrogens with zero attached hydrogens (tertiary/aromatic N) is 2. The van der Waals surface area contributed by atoms with E-state index in [9.17, 15) is 0 Å². The quantitative estimate of drug-likeness (QED) is 0.835. The Bertz CT molecular complexity index is 333. The average Bonchev–Trinajstić information content (AvgIpc) is 2.15. The second kappa shape index (κ2) is 4.66. The average molecular weight is 229 g/mol. The van der Waals surface area contributed by atoms with Crippen LogP contribution in [0.5, 0.6) is 0 Å². The number of rotatable bonds is 3. The molecule has 0 saturated heterocycles. The van der Waals surface area contributed by atoms with E-state index in [2.05, 4.69) is 41.4 Å². The predicted molar refractivity (Wildman–Crippen MR) is 64.5 cm³/mol. The van der Waals surface area contributed by atoms with E-state index in [1.165, 1.54) is 0 Å². The maximum Gasteiger partial charge on any atom is 0.224 e. The number of hydrogen-bond acceptors (Lipinski definition) is 4. The molecule has 0 aliphatic rings. The molecule has 2 N–H and O–H groups in total. The topological polar surface area (TPSA) is 49.8 Å². The first-order valence-corrected chi connectivity index (χ1v) is 5.24. The highest BCUT2D eigenvalue weighted by Crippen LogP contribution is 2.21. The summed E-state index contributed by atoms with van der Waals surface area (Å²) in [5, 5.41) is 6.62. The van der Waals surface area contributed by atoms with Gasteiger partial charge in [0.15, 0.2) is 5.82 Å². The Morgan fingerprint density at radius 3 is 2.60 bits per heavy atom. The molecule has 15 heavy (non-hydrogen) atoms. The Labute approximate surface area is 95.5 Å². The van der Waals surface area contributed by atoms with Crippen molar-refractivity contribution in [2.24, 2.45) is 5.41 Å². The summed E-state index contributed by atoms with van der Waals surface area (Å²) in [5.41, 5.74) is 0.189. The molecular weight excluding hydrogens is 212 g/mol. The van der Waals surface area contributed by atoms with Gasteiger partial charge in [0.1, 0.15) is 5.02 Å². The van der Waals surface area contributed by atoms with Gasteiger partial charge in [-0.2, -0.15) is 4.98 Å². The molecule has 84 valence electrons. The summed E-state index contributed by atoms with van der Waals surface area (Å²) in [6.45, 7) is 7.25. The van der Waals surface area contributed by atoms with Crippen molar-refractivity contribution in [3.05, 3.63) is 11.2 Å². The second-order valence-corrected chi connectivity index (χ2v) is 4.96. The van der Waals surface area contributed by atoms with Crippen LogP contribution in [-0.2, 0) is 0 Å². The summed E-state index contributed by atoms with van der Waals surface area (Å²) < 4.78 is 0. The minimum absolute atomic E-state index is 0.189. The Balaban J connectivity index is 2.75. The first kappa shape index (κ1) is 12.0. The third-order valence-electron chi connectivity index (χ3n) is 1.75. The zero-order valence-corrected chi connectivity index (χ0v) is 10.3. The highest BCUT2D eigenvalue weighted by molar-refractivity contribution is 6.32. The fraction of sp³-hybridized carbons (Fsp3) is 0.600. The molecule has 0 unspecified atom stereocenters. The summed E-state index contributed by atoms with van der Waals surface area (Å²) in [7, 11) is 1.77. The molecule has 1 aromatic rings. The van der Waals surface area contributed by atoms with Gasteiger partial charge in [-0.25, -0.2) is 4.98 Å². The van der Waals surface area contributed by atoms with Crippen molar-refractivity contribution in [1.29, 1.82) is 0 Å². The molecule has 1 rings (SSSR count). The number of nitrogens with one attached hydrogen (secondary N) is 2. The van der Waals surface area contributed by atoms with Crippen molar-refractivity contribution in [3.8, 4) is 0 Å². The molecule has 0 aliphatic carbocycles. The monoisotopic (exact) mass is 228 g/mol. The van der Waals surface area contributed by atoms with Crippen molar-refractivity contribution >= 4 is 23.4 Å².